The lowest BCUT2D eigenvalue weighted by Crippen LogP contribution is -2.50. The number of anilines is 1. The van der Waals surface area contributed by atoms with Crippen LogP contribution in [0.5, 0.6) is 0 Å². The highest BCUT2D eigenvalue weighted by Gasteiger charge is 2.33. The van der Waals surface area contributed by atoms with Gasteiger partial charge in [-0.15, -0.1) is 0 Å². The van der Waals surface area contributed by atoms with Gasteiger partial charge in [-0.1, -0.05) is 6.08 Å². The average Bonchev–Trinajstić information content (AvgIpc) is 3.03. The van der Waals surface area contributed by atoms with E-state index in [1.54, 1.807) is 12.3 Å². The number of halogens is 3. The van der Waals surface area contributed by atoms with E-state index < -0.39 is 24.2 Å². The first-order valence-electron chi connectivity index (χ1n) is 8.22. The van der Waals surface area contributed by atoms with Crippen molar-refractivity contribution in [2.45, 2.75) is 31.7 Å². The second-order valence-electron chi connectivity index (χ2n) is 6.62. The van der Waals surface area contributed by atoms with E-state index >= 15 is 0 Å². The van der Waals surface area contributed by atoms with E-state index in [0.29, 0.717) is 11.6 Å². The number of hydrogen-bond acceptors (Lipinski definition) is 6. The number of nitrogens with zero attached hydrogens (tertiary/aromatic N) is 2. The van der Waals surface area contributed by atoms with Crippen LogP contribution in [0.2, 0.25) is 0 Å². The summed E-state index contributed by atoms with van der Waals surface area (Å²) in [6.07, 6.45) is 4.40. The Morgan fingerprint density at radius 3 is 2.81 bits per heavy atom. The molecule has 0 radical (unpaired) electrons. The number of nitrogens with one attached hydrogen (secondary N) is 4. The number of hydrogen-bond donors (Lipinski definition) is 4. The van der Waals surface area contributed by atoms with Crippen LogP contribution in [-0.4, -0.2) is 40.3 Å². The molecular weight excluding hydrogens is 361 g/mol. The van der Waals surface area contributed by atoms with Gasteiger partial charge in [0.2, 0.25) is 5.91 Å². The van der Waals surface area contributed by atoms with Crippen LogP contribution >= 0.6 is 0 Å². The maximum absolute atomic E-state index is 12.3. The molecule has 2 aliphatic heterocycles. The van der Waals surface area contributed by atoms with Gasteiger partial charge >= 0.3 is 6.18 Å². The van der Waals surface area contributed by atoms with E-state index in [4.69, 9.17) is 0 Å². The zero-order valence-corrected chi connectivity index (χ0v) is 14.7. The van der Waals surface area contributed by atoms with Gasteiger partial charge in [0.15, 0.2) is 5.82 Å². The first-order chi connectivity index (χ1) is 12.7. The molecule has 3 rings (SSSR count). The van der Waals surface area contributed by atoms with Gasteiger partial charge in [-0.2, -0.15) is 13.2 Å². The van der Waals surface area contributed by atoms with Crippen molar-refractivity contribution in [1.29, 1.82) is 0 Å². The highest BCUT2D eigenvalue weighted by atomic mass is 19.4. The molecule has 0 aromatic carbocycles. The Hall–Kier alpha value is -3.04. The predicted octanol–water partition coefficient (Wildman–Crippen LogP) is 1.66. The SMILES string of the molecule is CC(C)(Nc1ccnc(C2=CNC3NC=CC=C23)n1)C(=O)NCC(F)(F)F. The summed E-state index contributed by atoms with van der Waals surface area (Å²) in [6.45, 7) is 1.57. The highest BCUT2D eigenvalue weighted by molar-refractivity contribution is 5.88. The molecule has 2 aliphatic rings. The first-order valence-corrected chi connectivity index (χ1v) is 8.22. The third-order valence-electron chi connectivity index (χ3n) is 4.01. The molecule has 27 heavy (non-hydrogen) atoms. The molecule has 0 saturated carbocycles. The Balaban J connectivity index is 1.73. The Morgan fingerprint density at radius 2 is 2.07 bits per heavy atom. The van der Waals surface area contributed by atoms with Crippen LogP contribution in [0.3, 0.4) is 0 Å². The summed E-state index contributed by atoms with van der Waals surface area (Å²) in [5.41, 5.74) is 0.465. The topological polar surface area (TPSA) is 91.0 Å². The molecule has 4 N–H and O–H groups in total. The Bertz CT molecular complexity index is 828. The third-order valence-corrected chi connectivity index (χ3v) is 4.01. The van der Waals surface area contributed by atoms with Crippen LogP contribution in [0.25, 0.3) is 5.57 Å². The van der Waals surface area contributed by atoms with Crippen LogP contribution < -0.4 is 21.3 Å². The van der Waals surface area contributed by atoms with Crippen molar-refractivity contribution in [3.05, 3.63) is 48.2 Å². The van der Waals surface area contributed by atoms with Crippen molar-refractivity contribution in [3.8, 4) is 0 Å². The molecule has 1 unspecified atom stereocenters. The van der Waals surface area contributed by atoms with Gasteiger partial charge in [-0.3, -0.25) is 4.79 Å². The molecule has 7 nitrogen and oxygen atoms in total. The van der Waals surface area contributed by atoms with Crippen molar-refractivity contribution >= 4 is 17.3 Å². The lowest BCUT2D eigenvalue weighted by molar-refractivity contribution is -0.140. The molecule has 1 aromatic rings. The summed E-state index contributed by atoms with van der Waals surface area (Å²) in [6, 6.07) is 1.55. The largest absolute Gasteiger partial charge is 0.405 e. The number of rotatable bonds is 5. The summed E-state index contributed by atoms with van der Waals surface area (Å²) in [7, 11) is 0. The Morgan fingerprint density at radius 1 is 1.30 bits per heavy atom. The molecule has 0 aliphatic carbocycles. The number of allylic oxidation sites excluding steroid dienone is 2. The van der Waals surface area contributed by atoms with Gasteiger partial charge in [0, 0.05) is 23.5 Å². The van der Waals surface area contributed by atoms with Crippen molar-refractivity contribution in [2.75, 3.05) is 11.9 Å². The normalized spacial score (nSPS) is 18.6. The van der Waals surface area contributed by atoms with E-state index in [1.807, 2.05) is 23.7 Å². The Kier molecular flexibility index (Phi) is 4.81. The second kappa shape index (κ2) is 6.93. The number of aromatic nitrogens is 2. The maximum Gasteiger partial charge on any atom is 0.405 e. The number of carbonyl (C=O) groups is 1. The standard InChI is InChI=1S/C17H19F3N6O/c1-16(2,15(27)24-9-17(18,19)20)26-12-5-7-22-14(25-12)11-8-23-13-10(11)4-3-6-21-13/h3-8,13,21,23H,9H2,1-2H3,(H,24,27)(H,22,25,26). The smallest absolute Gasteiger partial charge is 0.368 e. The molecular formula is C17H19F3N6O. The van der Waals surface area contributed by atoms with Gasteiger partial charge in [0.05, 0.1) is 0 Å². The second-order valence-corrected chi connectivity index (χ2v) is 6.62. The minimum Gasteiger partial charge on any atom is -0.368 e. The van der Waals surface area contributed by atoms with Crippen molar-refractivity contribution in [1.82, 2.24) is 25.9 Å². The lowest BCUT2D eigenvalue weighted by Gasteiger charge is -2.26. The van der Waals surface area contributed by atoms with Crippen LogP contribution in [0.15, 0.2) is 42.4 Å². The number of amides is 1. The summed E-state index contributed by atoms with van der Waals surface area (Å²) in [5, 5.41) is 11.0. The number of carbonyl (C=O) groups excluding carboxylic acids is 1. The fourth-order valence-electron chi connectivity index (χ4n) is 2.65. The predicted molar refractivity (Wildman–Crippen MR) is 94.1 cm³/mol. The van der Waals surface area contributed by atoms with E-state index in [2.05, 4.69) is 25.9 Å². The van der Waals surface area contributed by atoms with Crippen LogP contribution in [0.1, 0.15) is 19.7 Å². The molecule has 1 atom stereocenters. The van der Waals surface area contributed by atoms with E-state index in [0.717, 1.165) is 11.1 Å². The van der Waals surface area contributed by atoms with E-state index in [9.17, 15) is 18.0 Å². The van der Waals surface area contributed by atoms with Crippen LogP contribution in [0.4, 0.5) is 19.0 Å². The van der Waals surface area contributed by atoms with Gasteiger partial charge in [0.1, 0.15) is 24.1 Å². The third kappa shape index (κ3) is 4.39. The van der Waals surface area contributed by atoms with Crippen LogP contribution in [0, 0.1) is 0 Å². The quantitative estimate of drug-likeness (QED) is 0.621. The molecule has 3 heterocycles. The summed E-state index contributed by atoms with van der Waals surface area (Å²) >= 11 is 0. The van der Waals surface area contributed by atoms with Crippen molar-refractivity contribution in [2.24, 2.45) is 0 Å². The molecule has 10 heteroatoms. The summed E-state index contributed by atoms with van der Waals surface area (Å²) in [5.74, 6) is -0.0209. The van der Waals surface area contributed by atoms with Gasteiger partial charge in [0.25, 0.3) is 0 Å². The van der Waals surface area contributed by atoms with E-state index in [1.165, 1.54) is 20.0 Å². The Labute approximate surface area is 153 Å². The molecule has 0 saturated heterocycles. The van der Waals surface area contributed by atoms with Crippen LogP contribution in [-0.2, 0) is 4.79 Å². The summed E-state index contributed by atoms with van der Waals surface area (Å²) < 4.78 is 36.9. The van der Waals surface area contributed by atoms with Crippen molar-refractivity contribution in [3.63, 3.8) is 0 Å². The molecule has 1 aromatic heterocycles. The van der Waals surface area contributed by atoms with Gasteiger partial charge in [-0.25, -0.2) is 9.97 Å². The molecule has 0 spiro atoms. The molecule has 144 valence electrons. The molecule has 0 fully saturated rings. The molecule has 0 bridgehead atoms. The average molecular weight is 380 g/mol. The summed E-state index contributed by atoms with van der Waals surface area (Å²) in [4.78, 5) is 20.7. The first kappa shape index (κ1) is 18.7. The number of dihydropyridines is 1. The number of fused-ring (bicyclic) bond motifs is 1. The van der Waals surface area contributed by atoms with Gasteiger partial charge < -0.3 is 21.3 Å². The monoisotopic (exact) mass is 380 g/mol. The minimum absolute atomic E-state index is 0.0604. The zero-order chi connectivity index (χ0) is 19.7. The van der Waals surface area contributed by atoms with E-state index in [-0.39, 0.29) is 6.17 Å². The maximum atomic E-state index is 12.3. The fourth-order valence-corrected chi connectivity index (χ4v) is 2.65. The highest BCUT2D eigenvalue weighted by Crippen LogP contribution is 2.28. The number of alkyl halides is 3. The molecule has 1 amide bonds. The fraction of sp³-hybridized carbons (Fsp3) is 0.353. The lowest BCUT2D eigenvalue weighted by atomic mass is 10.0. The minimum atomic E-state index is -4.47. The van der Waals surface area contributed by atoms with Crippen molar-refractivity contribution < 1.29 is 18.0 Å². The van der Waals surface area contributed by atoms with Gasteiger partial charge in [-0.05, 0) is 32.2 Å². The zero-order valence-electron chi connectivity index (χ0n) is 14.7.